The summed E-state index contributed by atoms with van der Waals surface area (Å²) < 4.78 is 17.0. The number of rotatable bonds is 7. The summed E-state index contributed by atoms with van der Waals surface area (Å²) in [5.41, 5.74) is 2.33. The maximum absolute atomic E-state index is 5.76. The quantitative estimate of drug-likeness (QED) is 0.771. The topological polar surface area (TPSA) is 27.7 Å². The fourth-order valence-corrected chi connectivity index (χ4v) is 2.32. The first-order valence-electron chi connectivity index (χ1n) is 7.53. The Morgan fingerprint density at radius 3 is 2.18 bits per heavy atom. The molecule has 1 aliphatic rings. The first-order chi connectivity index (χ1) is 10.9. The van der Waals surface area contributed by atoms with E-state index in [1.165, 1.54) is 5.56 Å². The second-order valence-corrected chi connectivity index (χ2v) is 5.32. The van der Waals surface area contributed by atoms with Crippen molar-refractivity contribution in [3.63, 3.8) is 0 Å². The molecule has 0 amide bonds. The third-order valence-corrected chi connectivity index (χ3v) is 3.50. The van der Waals surface area contributed by atoms with Crippen molar-refractivity contribution in [2.45, 2.75) is 25.7 Å². The molecule has 1 aliphatic heterocycles. The van der Waals surface area contributed by atoms with Crippen LogP contribution in [0.4, 0.5) is 0 Å². The van der Waals surface area contributed by atoms with Crippen LogP contribution in [0.2, 0.25) is 0 Å². The standard InChI is InChI=1S/C19H20O3/c1-3-7-16(8-4-1)12-20-14-18-11-19(15-22-18)21-13-17-9-5-2-6-10-17/h1-10,15,18H,11-14H2. The van der Waals surface area contributed by atoms with Gasteiger partial charge in [-0.05, 0) is 11.1 Å². The van der Waals surface area contributed by atoms with Crippen LogP contribution < -0.4 is 0 Å². The van der Waals surface area contributed by atoms with Crippen LogP contribution >= 0.6 is 0 Å². The molecule has 0 aliphatic carbocycles. The van der Waals surface area contributed by atoms with E-state index in [0.29, 0.717) is 19.8 Å². The maximum atomic E-state index is 5.76. The molecule has 0 radical (unpaired) electrons. The Hall–Kier alpha value is -2.26. The van der Waals surface area contributed by atoms with E-state index < -0.39 is 0 Å². The van der Waals surface area contributed by atoms with Crippen molar-refractivity contribution in [2.24, 2.45) is 0 Å². The number of ether oxygens (including phenoxy) is 3. The average molecular weight is 296 g/mol. The van der Waals surface area contributed by atoms with E-state index in [1.54, 1.807) is 6.26 Å². The highest BCUT2D eigenvalue weighted by atomic mass is 16.6. The first kappa shape index (κ1) is 14.7. The van der Waals surface area contributed by atoms with Gasteiger partial charge in [0, 0.05) is 6.42 Å². The Labute approximate surface area is 131 Å². The summed E-state index contributed by atoms with van der Waals surface area (Å²) in [4.78, 5) is 0. The molecule has 2 aromatic rings. The Bertz CT molecular complexity index is 593. The van der Waals surface area contributed by atoms with Gasteiger partial charge in [-0.1, -0.05) is 60.7 Å². The van der Waals surface area contributed by atoms with Gasteiger partial charge in [0.05, 0.1) is 13.2 Å². The van der Waals surface area contributed by atoms with E-state index in [1.807, 2.05) is 36.4 Å². The minimum absolute atomic E-state index is 0.0504. The second kappa shape index (κ2) is 7.66. The van der Waals surface area contributed by atoms with Crippen LogP contribution in [0.1, 0.15) is 17.5 Å². The molecule has 1 unspecified atom stereocenters. The zero-order valence-electron chi connectivity index (χ0n) is 12.5. The van der Waals surface area contributed by atoms with E-state index in [2.05, 4.69) is 24.3 Å². The van der Waals surface area contributed by atoms with Gasteiger partial charge < -0.3 is 14.2 Å². The van der Waals surface area contributed by atoms with Gasteiger partial charge in [0.25, 0.3) is 0 Å². The van der Waals surface area contributed by atoms with Crippen LogP contribution in [0, 0.1) is 0 Å². The van der Waals surface area contributed by atoms with Crippen LogP contribution in [0.25, 0.3) is 0 Å². The van der Waals surface area contributed by atoms with Crippen LogP contribution in [0.3, 0.4) is 0 Å². The largest absolute Gasteiger partial charge is 0.492 e. The summed E-state index contributed by atoms with van der Waals surface area (Å²) in [7, 11) is 0. The zero-order valence-corrected chi connectivity index (χ0v) is 12.5. The average Bonchev–Trinajstić information content (AvgIpc) is 3.03. The maximum Gasteiger partial charge on any atom is 0.135 e. The highest BCUT2D eigenvalue weighted by Crippen LogP contribution is 2.21. The van der Waals surface area contributed by atoms with Crippen LogP contribution in [-0.4, -0.2) is 12.7 Å². The molecule has 3 nitrogen and oxygen atoms in total. The van der Waals surface area contributed by atoms with Crippen LogP contribution in [0.5, 0.6) is 0 Å². The number of benzene rings is 2. The SMILES string of the molecule is C1=C(OCc2ccccc2)CC(COCc2ccccc2)O1. The van der Waals surface area contributed by atoms with Gasteiger partial charge in [-0.25, -0.2) is 0 Å². The third kappa shape index (κ3) is 4.37. The highest BCUT2D eigenvalue weighted by molar-refractivity contribution is 5.14. The summed E-state index contributed by atoms with van der Waals surface area (Å²) in [6.07, 6.45) is 2.52. The Morgan fingerprint density at radius 1 is 0.864 bits per heavy atom. The van der Waals surface area contributed by atoms with Gasteiger partial charge in [-0.2, -0.15) is 0 Å². The van der Waals surface area contributed by atoms with Gasteiger partial charge in [0.15, 0.2) is 0 Å². The fraction of sp³-hybridized carbons (Fsp3) is 0.263. The first-order valence-corrected chi connectivity index (χ1v) is 7.53. The molecule has 0 bridgehead atoms. The minimum Gasteiger partial charge on any atom is -0.492 e. The van der Waals surface area contributed by atoms with E-state index in [9.17, 15) is 0 Å². The summed E-state index contributed by atoms with van der Waals surface area (Å²) >= 11 is 0. The van der Waals surface area contributed by atoms with Gasteiger partial charge in [-0.15, -0.1) is 0 Å². The molecule has 0 saturated heterocycles. The molecular weight excluding hydrogens is 276 g/mol. The van der Waals surface area contributed by atoms with Crippen molar-refractivity contribution >= 4 is 0 Å². The third-order valence-electron chi connectivity index (χ3n) is 3.50. The number of hydrogen-bond donors (Lipinski definition) is 0. The van der Waals surface area contributed by atoms with E-state index in [0.717, 1.165) is 17.7 Å². The van der Waals surface area contributed by atoms with Gasteiger partial charge in [0.2, 0.25) is 0 Å². The molecule has 3 rings (SSSR count). The molecule has 0 fully saturated rings. The van der Waals surface area contributed by atoms with Gasteiger partial charge >= 0.3 is 0 Å². The smallest absolute Gasteiger partial charge is 0.135 e. The monoisotopic (exact) mass is 296 g/mol. The van der Waals surface area contributed by atoms with Gasteiger partial charge in [0.1, 0.15) is 24.7 Å². The zero-order chi connectivity index (χ0) is 15.0. The summed E-state index contributed by atoms with van der Waals surface area (Å²) in [5, 5.41) is 0. The molecule has 2 aromatic carbocycles. The second-order valence-electron chi connectivity index (χ2n) is 5.32. The molecule has 0 saturated carbocycles. The lowest BCUT2D eigenvalue weighted by Crippen LogP contribution is -2.14. The van der Waals surface area contributed by atoms with Crippen molar-refractivity contribution in [3.8, 4) is 0 Å². The van der Waals surface area contributed by atoms with Crippen molar-refractivity contribution in [1.82, 2.24) is 0 Å². The molecule has 3 heteroatoms. The predicted octanol–water partition coefficient (Wildman–Crippen LogP) is 4.05. The van der Waals surface area contributed by atoms with Crippen molar-refractivity contribution < 1.29 is 14.2 Å². The normalized spacial score (nSPS) is 16.9. The predicted molar refractivity (Wildman–Crippen MR) is 84.9 cm³/mol. The van der Waals surface area contributed by atoms with Crippen molar-refractivity contribution in [1.29, 1.82) is 0 Å². The lowest BCUT2D eigenvalue weighted by atomic mass is 10.2. The van der Waals surface area contributed by atoms with Crippen LogP contribution in [-0.2, 0) is 27.4 Å². The Morgan fingerprint density at radius 2 is 1.50 bits per heavy atom. The summed E-state index contributed by atoms with van der Waals surface area (Å²) in [6.45, 7) is 1.76. The highest BCUT2D eigenvalue weighted by Gasteiger charge is 2.20. The van der Waals surface area contributed by atoms with E-state index in [4.69, 9.17) is 14.2 Å². The van der Waals surface area contributed by atoms with Crippen molar-refractivity contribution in [3.05, 3.63) is 83.8 Å². The number of hydrogen-bond acceptors (Lipinski definition) is 3. The Kier molecular flexibility index (Phi) is 5.11. The minimum atomic E-state index is 0.0504. The summed E-state index contributed by atoms with van der Waals surface area (Å²) in [5.74, 6) is 0.886. The van der Waals surface area contributed by atoms with E-state index in [-0.39, 0.29) is 6.10 Å². The van der Waals surface area contributed by atoms with Gasteiger partial charge in [-0.3, -0.25) is 0 Å². The van der Waals surface area contributed by atoms with Crippen molar-refractivity contribution in [2.75, 3.05) is 6.61 Å². The molecular formula is C19H20O3. The molecule has 0 aromatic heterocycles. The summed E-state index contributed by atoms with van der Waals surface area (Å²) in [6, 6.07) is 20.3. The Balaban J connectivity index is 1.35. The molecule has 1 heterocycles. The molecule has 0 N–H and O–H groups in total. The molecule has 114 valence electrons. The molecule has 0 spiro atoms. The lowest BCUT2D eigenvalue weighted by Gasteiger charge is -2.11. The molecule has 1 atom stereocenters. The molecule has 22 heavy (non-hydrogen) atoms. The lowest BCUT2D eigenvalue weighted by molar-refractivity contribution is 0.0297. The fourth-order valence-electron chi connectivity index (χ4n) is 2.32. The van der Waals surface area contributed by atoms with Crippen LogP contribution in [0.15, 0.2) is 72.7 Å². The van der Waals surface area contributed by atoms with E-state index >= 15 is 0 Å².